The number of nitrogens with zero attached hydrogens (tertiary/aromatic N) is 1. The Morgan fingerprint density at radius 1 is 1.28 bits per heavy atom. The van der Waals surface area contributed by atoms with Crippen molar-refractivity contribution in [2.75, 3.05) is 7.11 Å². The summed E-state index contributed by atoms with van der Waals surface area (Å²) in [5.41, 5.74) is -0.00199. The van der Waals surface area contributed by atoms with Gasteiger partial charge in [0.05, 0.1) is 19.8 Å². The van der Waals surface area contributed by atoms with Gasteiger partial charge in [-0.25, -0.2) is 0 Å². The topological polar surface area (TPSA) is 62.9 Å². The number of benzene rings is 1. The van der Waals surface area contributed by atoms with Crippen molar-refractivity contribution in [3.8, 4) is 5.75 Å². The number of furan rings is 1. The van der Waals surface area contributed by atoms with Crippen molar-refractivity contribution in [2.24, 2.45) is 0 Å². The molecule has 0 aliphatic carbocycles. The second-order valence-corrected chi connectivity index (χ2v) is 7.13. The van der Waals surface area contributed by atoms with Gasteiger partial charge >= 0.3 is 0 Å². The van der Waals surface area contributed by atoms with Crippen molar-refractivity contribution in [1.29, 1.82) is 0 Å². The number of rotatable bonds is 4. The van der Waals surface area contributed by atoms with Crippen LogP contribution in [0.15, 0.2) is 47.1 Å². The third-order valence-corrected chi connectivity index (χ3v) is 5.52. The van der Waals surface area contributed by atoms with Gasteiger partial charge in [-0.05, 0) is 42.7 Å². The lowest BCUT2D eigenvalue weighted by molar-refractivity contribution is -0.142. The van der Waals surface area contributed by atoms with E-state index < -0.39 is 5.60 Å². The highest BCUT2D eigenvalue weighted by atomic mass is 16.5. The van der Waals surface area contributed by atoms with Gasteiger partial charge in [0.1, 0.15) is 17.1 Å². The molecule has 1 aromatic carbocycles. The minimum Gasteiger partial charge on any atom is -0.497 e. The first kappa shape index (κ1) is 16.2. The maximum Gasteiger partial charge on any atom is 0.227 e. The van der Waals surface area contributed by atoms with Crippen LogP contribution in [0.5, 0.6) is 5.75 Å². The fraction of sp³-hybridized carbons (Fsp3) is 0.450. The normalized spacial score (nSPS) is 28.2. The smallest absolute Gasteiger partial charge is 0.227 e. The van der Waals surface area contributed by atoms with Crippen molar-refractivity contribution in [1.82, 2.24) is 4.90 Å². The van der Waals surface area contributed by atoms with E-state index in [-0.39, 0.29) is 18.0 Å². The Morgan fingerprint density at radius 3 is 2.68 bits per heavy atom. The SMILES string of the molecule is COc1cccc(CC(=O)N2[C@@H]3CC[C@@H]2CC(O)(c2ccco2)C3)c1. The van der Waals surface area contributed by atoms with Gasteiger partial charge in [-0.1, -0.05) is 12.1 Å². The van der Waals surface area contributed by atoms with Crippen LogP contribution in [0.2, 0.25) is 0 Å². The van der Waals surface area contributed by atoms with Crippen molar-refractivity contribution in [2.45, 2.75) is 49.8 Å². The summed E-state index contributed by atoms with van der Waals surface area (Å²) < 4.78 is 10.7. The number of carbonyl (C=O) groups excluding carboxylic acids is 1. The van der Waals surface area contributed by atoms with Crippen molar-refractivity contribution in [3.63, 3.8) is 0 Å². The Kier molecular flexibility index (Phi) is 4.04. The Bertz CT molecular complexity index is 741. The zero-order valence-electron chi connectivity index (χ0n) is 14.4. The van der Waals surface area contributed by atoms with Crippen LogP contribution in [-0.4, -0.2) is 35.1 Å². The van der Waals surface area contributed by atoms with Gasteiger partial charge in [0.15, 0.2) is 0 Å². The lowest BCUT2D eigenvalue weighted by Gasteiger charge is -2.43. The van der Waals surface area contributed by atoms with Crippen LogP contribution in [0.3, 0.4) is 0 Å². The van der Waals surface area contributed by atoms with Crippen molar-refractivity contribution >= 4 is 5.91 Å². The van der Waals surface area contributed by atoms with Crippen molar-refractivity contribution < 1.29 is 19.1 Å². The minimum atomic E-state index is -0.956. The van der Waals surface area contributed by atoms with Crippen LogP contribution in [0, 0.1) is 0 Å². The maximum absolute atomic E-state index is 12.9. The van der Waals surface area contributed by atoms with Gasteiger partial charge in [0.2, 0.25) is 5.91 Å². The Labute approximate surface area is 147 Å². The molecule has 0 unspecified atom stereocenters. The van der Waals surface area contributed by atoms with Gasteiger partial charge in [-0.2, -0.15) is 0 Å². The van der Waals surface area contributed by atoms with Gasteiger partial charge in [-0.3, -0.25) is 4.79 Å². The van der Waals surface area contributed by atoms with E-state index in [9.17, 15) is 9.90 Å². The van der Waals surface area contributed by atoms with E-state index >= 15 is 0 Å². The predicted molar refractivity (Wildman–Crippen MR) is 92.2 cm³/mol. The summed E-state index contributed by atoms with van der Waals surface area (Å²) in [4.78, 5) is 14.9. The predicted octanol–water partition coefficient (Wildman–Crippen LogP) is 2.87. The number of aliphatic hydroxyl groups is 1. The molecule has 2 bridgehead atoms. The summed E-state index contributed by atoms with van der Waals surface area (Å²) in [5.74, 6) is 1.51. The molecule has 5 nitrogen and oxygen atoms in total. The molecule has 1 N–H and O–H groups in total. The first-order valence-electron chi connectivity index (χ1n) is 8.79. The summed E-state index contributed by atoms with van der Waals surface area (Å²) in [6, 6.07) is 11.4. The van der Waals surface area contributed by atoms with Gasteiger partial charge in [0, 0.05) is 24.9 Å². The van der Waals surface area contributed by atoms with Crippen LogP contribution in [0.1, 0.15) is 37.0 Å². The Balaban J connectivity index is 1.50. The molecule has 5 heteroatoms. The molecule has 2 fully saturated rings. The number of ether oxygens (including phenoxy) is 1. The number of fused-ring (bicyclic) bond motifs is 2. The molecule has 2 saturated heterocycles. The first-order valence-corrected chi connectivity index (χ1v) is 8.79. The second-order valence-electron chi connectivity index (χ2n) is 7.13. The molecule has 4 rings (SSSR count). The summed E-state index contributed by atoms with van der Waals surface area (Å²) in [6.45, 7) is 0. The molecule has 1 aromatic heterocycles. The van der Waals surface area contributed by atoms with Crippen LogP contribution in [-0.2, 0) is 16.8 Å². The summed E-state index contributed by atoms with van der Waals surface area (Å²) in [6.07, 6.45) is 4.93. The van der Waals surface area contributed by atoms with Crippen LogP contribution < -0.4 is 4.74 Å². The molecule has 0 spiro atoms. The lowest BCUT2D eigenvalue weighted by Crippen LogP contribution is -2.52. The van der Waals surface area contributed by atoms with Gasteiger partial charge < -0.3 is 19.2 Å². The van der Waals surface area contributed by atoms with Crippen LogP contribution in [0.4, 0.5) is 0 Å². The van der Waals surface area contributed by atoms with Gasteiger partial charge in [0.25, 0.3) is 0 Å². The Morgan fingerprint density at radius 2 is 2.04 bits per heavy atom. The molecule has 2 aliphatic heterocycles. The number of amides is 1. The fourth-order valence-electron chi connectivity index (χ4n) is 4.42. The minimum absolute atomic E-state index is 0.0759. The highest BCUT2D eigenvalue weighted by Gasteiger charge is 2.51. The average Bonchev–Trinajstić information content (AvgIpc) is 3.23. The average molecular weight is 341 g/mol. The standard InChI is InChI=1S/C20H23NO4/c1-24-17-5-2-4-14(10-17)11-19(22)21-15-7-8-16(21)13-20(23,12-15)18-6-3-9-25-18/h2-6,9-10,15-16,23H,7-8,11-13H2,1H3/t15-,16-/m1/s1. The first-order chi connectivity index (χ1) is 12.1. The number of hydrogen-bond acceptors (Lipinski definition) is 4. The zero-order chi connectivity index (χ0) is 17.4. The van der Waals surface area contributed by atoms with E-state index in [0.717, 1.165) is 24.2 Å². The molecule has 132 valence electrons. The molecule has 2 aliphatic rings. The highest BCUT2D eigenvalue weighted by molar-refractivity contribution is 5.80. The highest BCUT2D eigenvalue weighted by Crippen LogP contribution is 2.46. The summed E-state index contributed by atoms with van der Waals surface area (Å²) >= 11 is 0. The zero-order valence-corrected chi connectivity index (χ0v) is 14.4. The molecule has 0 saturated carbocycles. The van der Waals surface area contributed by atoms with Crippen LogP contribution in [0.25, 0.3) is 0 Å². The van der Waals surface area contributed by atoms with Crippen molar-refractivity contribution in [3.05, 3.63) is 54.0 Å². The van der Waals surface area contributed by atoms with Crippen LogP contribution >= 0.6 is 0 Å². The molecule has 1 amide bonds. The maximum atomic E-state index is 12.9. The number of piperidine rings is 1. The fourth-order valence-corrected chi connectivity index (χ4v) is 4.42. The number of hydrogen-bond donors (Lipinski definition) is 1. The molecular formula is C20H23NO4. The number of carbonyl (C=O) groups is 1. The largest absolute Gasteiger partial charge is 0.497 e. The van der Waals surface area contributed by atoms with E-state index in [1.165, 1.54) is 0 Å². The molecule has 2 aromatic rings. The van der Waals surface area contributed by atoms with E-state index in [1.54, 1.807) is 19.4 Å². The molecule has 25 heavy (non-hydrogen) atoms. The molecular weight excluding hydrogens is 318 g/mol. The van der Waals surface area contributed by atoms with E-state index in [4.69, 9.17) is 9.15 Å². The summed E-state index contributed by atoms with van der Waals surface area (Å²) in [7, 11) is 1.63. The third kappa shape index (κ3) is 2.93. The van der Waals surface area contributed by atoms with Gasteiger partial charge in [-0.15, -0.1) is 0 Å². The van der Waals surface area contributed by atoms with E-state index in [0.29, 0.717) is 25.0 Å². The second kappa shape index (κ2) is 6.23. The van der Waals surface area contributed by atoms with E-state index in [2.05, 4.69) is 0 Å². The lowest BCUT2D eigenvalue weighted by atomic mass is 9.84. The molecule has 2 atom stereocenters. The molecule has 0 radical (unpaired) electrons. The monoisotopic (exact) mass is 341 g/mol. The number of methoxy groups -OCH3 is 1. The Hall–Kier alpha value is -2.27. The summed E-state index contributed by atoms with van der Waals surface area (Å²) in [5, 5.41) is 11.0. The van der Waals surface area contributed by atoms with E-state index in [1.807, 2.05) is 35.2 Å². The third-order valence-electron chi connectivity index (χ3n) is 5.52. The quantitative estimate of drug-likeness (QED) is 0.929. The molecule has 3 heterocycles.